The Morgan fingerprint density at radius 2 is 1.79 bits per heavy atom. The zero-order valence-electron chi connectivity index (χ0n) is 9.05. The molecule has 1 saturated carbocycles. The predicted molar refractivity (Wildman–Crippen MR) is 56.1 cm³/mol. The molecule has 0 aromatic heterocycles. The van der Waals surface area contributed by atoms with Crippen molar-refractivity contribution in [2.45, 2.75) is 58.3 Å². The third-order valence-corrected chi connectivity index (χ3v) is 3.02. The first-order chi connectivity index (χ1) is 6.74. The summed E-state index contributed by atoms with van der Waals surface area (Å²) in [5.74, 6) is 0.247. The fourth-order valence-corrected chi connectivity index (χ4v) is 2.07. The molecular weight excluding hydrogens is 176 g/mol. The Hall–Kier alpha value is -0.660. The summed E-state index contributed by atoms with van der Waals surface area (Å²) >= 11 is 0. The molecule has 0 radical (unpaired) electrons. The molecule has 0 amide bonds. The maximum absolute atomic E-state index is 11.5. The van der Waals surface area contributed by atoms with E-state index >= 15 is 0 Å². The molecule has 0 atom stereocenters. The molecule has 2 nitrogen and oxygen atoms in total. The third-order valence-electron chi connectivity index (χ3n) is 3.02. The summed E-state index contributed by atoms with van der Waals surface area (Å²) in [6, 6.07) is 0. The number of carbonyl (C=O) groups is 2. The lowest BCUT2D eigenvalue weighted by atomic mass is 9.97. The summed E-state index contributed by atoms with van der Waals surface area (Å²) in [4.78, 5) is 22.8. The van der Waals surface area contributed by atoms with Gasteiger partial charge in [0.15, 0.2) is 11.6 Å². The Balaban J connectivity index is 2.22. The lowest BCUT2D eigenvalue weighted by Crippen LogP contribution is -2.16. The number of Topliss-reactive ketones (excluding diaryl/α,β-unsaturated/α-hetero) is 2. The van der Waals surface area contributed by atoms with Crippen molar-refractivity contribution in [1.29, 1.82) is 0 Å². The highest BCUT2D eigenvalue weighted by Gasteiger charge is 2.21. The van der Waals surface area contributed by atoms with Gasteiger partial charge in [-0.1, -0.05) is 39.0 Å². The average Bonchev–Trinajstić information content (AvgIpc) is 2.66. The molecule has 0 aromatic rings. The van der Waals surface area contributed by atoms with Crippen LogP contribution in [0, 0.1) is 5.92 Å². The average molecular weight is 196 g/mol. The maximum Gasteiger partial charge on any atom is 0.198 e. The van der Waals surface area contributed by atoms with E-state index in [0.29, 0.717) is 18.8 Å². The van der Waals surface area contributed by atoms with Crippen LogP contribution in [0.25, 0.3) is 0 Å². The molecule has 80 valence electrons. The van der Waals surface area contributed by atoms with Crippen LogP contribution in [-0.2, 0) is 9.59 Å². The minimum atomic E-state index is -0.140. The number of ketones is 2. The van der Waals surface area contributed by atoms with E-state index < -0.39 is 0 Å². The van der Waals surface area contributed by atoms with Crippen LogP contribution >= 0.6 is 0 Å². The monoisotopic (exact) mass is 196 g/mol. The van der Waals surface area contributed by atoms with Crippen LogP contribution in [0.4, 0.5) is 0 Å². The van der Waals surface area contributed by atoms with Crippen molar-refractivity contribution in [3.63, 3.8) is 0 Å². The van der Waals surface area contributed by atoms with Crippen LogP contribution in [0.5, 0.6) is 0 Å². The van der Waals surface area contributed by atoms with Gasteiger partial charge in [0, 0.05) is 12.8 Å². The Bertz CT molecular complexity index is 202. The molecule has 1 fully saturated rings. The number of hydrogen-bond donors (Lipinski definition) is 0. The van der Waals surface area contributed by atoms with Crippen LogP contribution in [0.3, 0.4) is 0 Å². The zero-order valence-corrected chi connectivity index (χ0v) is 9.05. The van der Waals surface area contributed by atoms with E-state index in [-0.39, 0.29) is 11.6 Å². The minimum absolute atomic E-state index is 0.120. The van der Waals surface area contributed by atoms with Gasteiger partial charge in [-0.3, -0.25) is 9.59 Å². The molecule has 0 aromatic carbocycles. The fourth-order valence-electron chi connectivity index (χ4n) is 2.07. The number of hydrogen-bond acceptors (Lipinski definition) is 2. The summed E-state index contributed by atoms with van der Waals surface area (Å²) in [6.45, 7) is 2.04. The van der Waals surface area contributed by atoms with Gasteiger partial charge >= 0.3 is 0 Å². The molecule has 2 heteroatoms. The molecule has 0 unspecified atom stereocenters. The summed E-state index contributed by atoms with van der Waals surface area (Å²) in [7, 11) is 0. The van der Waals surface area contributed by atoms with Gasteiger partial charge in [0.25, 0.3) is 0 Å². The fraction of sp³-hybridized carbons (Fsp3) is 0.833. The highest BCUT2D eigenvalue weighted by Crippen LogP contribution is 2.27. The van der Waals surface area contributed by atoms with Gasteiger partial charge in [-0.05, 0) is 12.3 Å². The summed E-state index contributed by atoms with van der Waals surface area (Å²) in [5, 5.41) is 0. The van der Waals surface area contributed by atoms with Crippen molar-refractivity contribution in [3.05, 3.63) is 0 Å². The van der Waals surface area contributed by atoms with Gasteiger partial charge in [-0.15, -0.1) is 0 Å². The molecule has 0 saturated heterocycles. The smallest absolute Gasteiger partial charge is 0.198 e. The first-order valence-corrected chi connectivity index (χ1v) is 5.80. The van der Waals surface area contributed by atoms with Crippen LogP contribution in [-0.4, -0.2) is 11.6 Å². The standard InChI is InChI=1S/C12H20O2/c1-2-3-8-11(13)12(14)9-10-6-4-5-7-10/h10H,2-9H2,1H3. The third kappa shape index (κ3) is 3.60. The number of rotatable bonds is 6. The van der Waals surface area contributed by atoms with Crippen molar-refractivity contribution in [2.24, 2.45) is 5.92 Å². The summed E-state index contributed by atoms with van der Waals surface area (Å²) in [6.07, 6.45) is 7.59. The predicted octanol–water partition coefficient (Wildman–Crippen LogP) is 2.90. The van der Waals surface area contributed by atoms with Crippen molar-refractivity contribution in [2.75, 3.05) is 0 Å². The second-order valence-electron chi connectivity index (χ2n) is 4.30. The van der Waals surface area contributed by atoms with Crippen molar-refractivity contribution in [1.82, 2.24) is 0 Å². The van der Waals surface area contributed by atoms with Gasteiger partial charge in [-0.2, -0.15) is 0 Å². The quantitative estimate of drug-likeness (QED) is 0.612. The summed E-state index contributed by atoms with van der Waals surface area (Å²) < 4.78 is 0. The largest absolute Gasteiger partial charge is 0.291 e. The summed E-state index contributed by atoms with van der Waals surface area (Å²) in [5.41, 5.74) is 0. The van der Waals surface area contributed by atoms with E-state index in [1.165, 1.54) is 12.8 Å². The van der Waals surface area contributed by atoms with Crippen molar-refractivity contribution < 1.29 is 9.59 Å². The SMILES string of the molecule is CCCCC(=O)C(=O)CC1CCCC1. The van der Waals surface area contributed by atoms with Gasteiger partial charge in [-0.25, -0.2) is 0 Å². The van der Waals surface area contributed by atoms with Crippen molar-refractivity contribution in [3.8, 4) is 0 Å². The van der Waals surface area contributed by atoms with Gasteiger partial charge < -0.3 is 0 Å². The topological polar surface area (TPSA) is 34.1 Å². The van der Waals surface area contributed by atoms with E-state index in [1.807, 2.05) is 6.92 Å². The Labute approximate surface area is 86.1 Å². The van der Waals surface area contributed by atoms with E-state index in [2.05, 4.69) is 0 Å². The lowest BCUT2D eigenvalue weighted by Gasteiger charge is -2.06. The molecule has 0 bridgehead atoms. The normalized spacial score (nSPS) is 17.2. The van der Waals surface area contributed by atoms with E-state index in [1.54, 1.807) is 0 Å². The number of unbranched alkanes of at least 4 members (excludes halogenated alkanes) is 1. The van der Waals surface area contributed by atoms with Crippen LogP contribution < -0.4 is 0 Å². The molecule has 0 heterocycles. The first kappa shape index (κ1) is 11.4. The molecule has 0 aliphatic heterocycles. The van der Waals surface area contributed by atoms with Crippen LogP contribution in [0.2, 0.25) is 0 Å². The molecule has 0 N–H and O–H groups in total. The Morgan fingerprint density at radius 1 is 1.14 bits per heavy atom. The number of carbonyl (C=O) groups excluding carboxylic acids is 2. The second kappa shape index (κ2) is 5.94. The first-order valence-electron chi connectivity index (χ1n) is 5.80. The molecule has 1 rings (SSSR count). The highest BCUT2D eigenvalue weighted by molar-refractivity contribution is 6.37. The molecule has 1 aliphatic rings. The lowest BCUT2D eigenvalue weighted by molar-refractivity contribution is -0.137. The molecule has 1 aliphatic carbocycles. The van der Waals surface area contributed by atoms with Crippen molar-refractivity contribution >= 4 is 11.6 Å². The molecular formula is C12H20O2. The Kier molecular flexibility index (Phi) is 4.85. The van der Waals surface area contributed by atoms with E-state index in [9.17, 15) is 9.59 Å². The van der Waals surface area contributed by atoms with E-state index in [0.717, 1.165) is 25.7 Å². The van der Waals surface area contributed by atoms with E-state index in [4.69, 9.17) is 0 Å². The highest BCUT2D eigenvalue weighted by atomic mass is 16.2. The van der Waals surface area contributed by atoms with Crippen LogP contribution in [0.15, 0.2) is 0 Å². The second-order valence-corrected chi connectivity index (χ2v) is 4.30. The molecule has 14 heavy (non-hydrogen) atoms. The maximum atomic E-state index is 11.5. The van der Waals surface area contributed by atoms with Crippen LogP contribution in [0.1, 0.15) is 58.3 Å². The van der Waals surface area contributed by atoms with Gasteiger partial charge in [0.1, 0.15) is 0 Å². The Morgan fingerprint density at radius 3 is 2.36 bits per heavy atom. The zero-order chi connectivity index (χ0) is 10.4. The minimum Gasteiger partial charge on any atom is -0.291 e. The molecule has 0 spiro atoms. The van der Waals surface area contributed by atoms with Gasteiger partial charge in [0.05, 0.1) is 0 Å². The van der Waals surface area contributed by atoms with Gasteiger partial charge in [0.2, 0.25) is 0 Å².